The van der Waals surface area contributed by atoms with Gasteiger partial charge in [-0.3, -0.25) is 4.90 Å². The summed E-state index contributed by atoms with van der Waals surface area (Å²) in [5, 5.41) is 0. The molecule has 0 radical (unpaired) electrons. The van der Waals surface area contributed by atoms with Gasteiger partial charge in [-0.25, -0.2) is 4.79 Å². The first-order valence-electron chi connectivity index (χ1n) is 7.16. The first kappa shape index (κ1) is 17.3. The van der Waals surface area contributed by atoms with Crippen molar-refractivity contribution in [1.82, 2.24) is 4.90 Å². The average Bonchev–Trinajstić information content (AvgIpc) is 2.49. The van der Waals surface area contributed by atoms with Crippen LogP contribution in [-0.2, 0) is 4.79 Å². The zero-order valence-electron chi connectivity index (χ0n) is 13.7. The highest BCUT2D eigenvalue weighted by Crippen LogP contribution is 2.38. The summed E-state index contributed by atoms with van der Waals surface area (Å²) in [5.74, 6) is 0.993. The number of aryl methyl sites for hydroxylation is 1. The molecule has 0 heterocycles. The molecule has 1 unspecified atom stereocenters. The van der Waals surface area contributed by atoms with Crippen LogP contribution in [0.4, 0.5) is 0 Å². The Bertz CT molecular complexity index is 458. The van der Waals surface area contributed by atoms with Crippen molar-refractivity contribution in [2.24, 2.45) is 0 Å². The van der Waals surface area contributed by atoms with E-state index in [2.05, 4.69) is 0 Å². The summed E-state index contributed by atoms with van der Waals surface area (Å²) >= 11 is 0. The van der Waals surface area contributed by atoms with Crippen molar-refractivity contribution in [2.45, 2.75) is 33.7 Å². The van der Waals surface area contributed by atoms with Gasteiger partial charge in [0.2, 0.25) is 5.75 Å². The van der Waals surface area contributed by atoms with Crippen LogP contribution in [0.5, 0.6) is 17.2 Å². The zero-order valence-corrected chi connectivity index (χ0v) is 13.7. The van der Waals surface area contributed by atoms with E-state index in [4.69, 9.17) is 14.2 Å². The van der Waals surface area contributed by atoms with Gasteiger partial charge >= 0.3 is 5.97 Å². The molecular weight excluding hydrogens is 270 g/mol. The van der Waals surface area contributed by atoms with Gasteiger partial charge < -0.3 is 14.2 Å². The fourth-order valence-electron chi connectivity index (χ4n) is 2.22. The predicted molar refractivity (Wildman–Crippen MR) is 82.3 cm³/mol. The van der Waals surface area contributed by atoms with Crippen molar-refractivity contribution in [3.8, 4) is 17.2 Å². The number of esters is 1. The van der Waals surface area contributed by atoms with Crippen LogP contribution in [0.3, 0.4) is 0 Å². The smallest absolute Gasteiger partial charge is 0.328 e. The van der Waals surface area contributed by atoms with Crippen LogP contribution in [0, 0.1) is 6.92 Å². The molecule has 1 aromatic rings. The van der Waals surface area contributed by atoms with Crippen molar-refractivity contribution in [2.75, 3.05) is 27.3 Å². The van der Waals surface area contributed by atoms with Gasteiger partial charge in [0.1, 0.15) is 6.04 Å². The Hall–Kier alpha value is -1.75. The number of hydrogen-bond acceptors (Lipinski definition) is 5. The predicted octanol–water partition coefficient (Wildman–Crippen LogP) is 2.65. The lowest BCUT2D eigenvalue weighted by atomic mass is 10.2. The summed E-state index contributed by atoms with van der Waals surface area (Å²) in [4.78, 5) is 14.3. The number of nitrogens with zero attached hydrogens (tertiary/aromatic N) is 1. The van der Waals surface area contributed by atoms with Crippen molar-refractivity contribution >= 4 is 5.97 Å². The SMILES string of the molecule is CCN(CC)C(C)C(=O)Oc1c(OC)cc(C)cc1OC. The second-order valence-corrected chi connectivity index (χ2v) is 4.82. The summed E-state index contributed by atoms with van der Waals surface area (Å²) in [6.07, 6.45) is 0. The van der Waals surface area contributed by atoms with Gasteiger partial charge in [-0.1, -0.05) is 13.8 Å². The number of hydrogen-bond donors (Lipinski definition) is 0. The van der Waals surface area contributed by atoms with E-state index in [9.17, 15) is 4.79 Å². The number of likely N-dealkylation sites (N-methyl/N-ethyl adjacent to an activating group) is 1. The molecule has 0 aliphatic rings. The minimum absolute atomic E-state index is 0.320. The maximum Gasteiger partial charge on any atom is 0.328 e. The molecule has 5 heteroatoms. The molecule has 0 aliphatic heterocycles. The molecule has 1 atom stereocenters. The van der Waals surface area contributed by atoms with Crippen LogP contribution >= 0.6 is 0 Å². The molecule has 1 aromatic carbocycles. The average molecular weight is 295 g/mol. The molecule has 5 nitrogen and oxygen atoms in total. The highest BCUT2D eigenvalue weighted by molar-refractivity contribution is 5.79. The number of carbonyl (C=O) groups excluding carboxylic acids is 1. The second-order valence-electron chi connectivity index (χ2n) is 4.82. The molecule has 118 valence electrons. The zero-order chi connectivity index (χ0) is 16.0. The lowest BCUT2D eigenvalue weighted by molar-refractivity contribution is -0.139. The Labute approximate surface area is 126 Å². The van der Waals surface area contributed by atoms with Crippen LogP contribution in [-0.4, -0.2) is 44.2 Å². The van der Waals surface area contributed by atoms with Crippen LogP contribution in [0.2, 0.25) is 0 Å². The highest BCUT2D eigenvalue weighted by Gasteiger charge is 2.24. The number of methoxy groups -OCH3 is 2. The Kier molecular flexibility index (Phi) is 6.49. The van der Waals surface area contributed by atoms with E-state index >= 15 is 0 Å². The fourth-order valence-corrected chi connectivity index (χ4v) is 2.22. The number of rotatable bonds is 7. The van der Waals surface area contributed by atoms with E-state index in [1.165, 1.54) is 0 Å². The van der Waals surface area contributed by atoms with Crippen LogP contribution in [0.15, 0.2) is 12.1 Å². The molecule has 0 aliphatic carbocycles. The summed E-state index contributed by atoms with van der Waals surface area (Å²) in [6, 6.07) is 3.30. The first-order chi connectivity index (χ1) is 9.98. The number of carbonyl (C=O) groups is 1. The summed E-state index contributed by atoms with van der Waals surface area (Å²) in [7, 11) is 3.08. The normalized spacial score (nSPS) is 12.1. The number of benzene rings is 1. The molecule has 0 fully saturated rings. The van der Waals surface area contributed by atoms with Crippen molar-refractivity contribution in [1.29, 1.82) is 0 Å². The maximum atomic E-state index is 12.3. The van der Waals surface area contributed by atoms with Gasteiger partial charge in [0, 0.05) is 0 Å². The minimum Gasteiger partial charge on any atom is -0.493 e. The third-order valence-corrected chi connectivity index (χ3v) is 3.51. The summed E-state index contributed by atoms with van der Waals surface area (Å²) in [5.41, 5.74) is 0.972. The third kappa shape index (κ3) is 4.11. The van der Waals surface area contributed by atoms with Crippen LogP contribution in [0.1, 0.15) is 26.3 Å². The largest absolute Gasteiger partial charge is 0.493 e. The molecule has 1 rings (SSSR count). The van der Waals surface area contributed by atoms with E-state index in [0.29, 0.717) is 17.2 Å². The Morgan fingerprint density at radius 3 is 2.00 bits per heavy atom. The quantitative estimate of drug-likeness (QED) is 0.572. The molecule has 0 aromatic heterocycles. The van der Waals surface area contributed by atoms with E-state index in [-0.39, 0.29) is 12.0 Å². The molecule has 0 N–H and O–H groups in total. The van der Waals surface area contributed by atoms with Gasteiger partial charge in [0.05, 0.1) is 14.2 Å². The topological polar surface area (TPSA) is 48.0 Å². The Morgan fingerprint density at radius 1 is 1.14 bits per heavy atom. The standard InChI is InChI=1S/C16H25NO4/c1-7-17(8-2)12(4)16(18)21-15-13(19-5)9-11(3)10-14(15)20-6/h9-10,12H,7-8H2,1-6H3. The van der Waals surface area contributed by atoms with E-state index in [1.54, 1.807) is 14.2 Å². The van der Waals surface area contributed by atoms with Crippen molar-refractivity contribution < 1.29 is 19.0 Å². The third-order valence-electron chi connectivity index (χ3n) is 3.51. The molecule has 0 bridgehead atoms. The number of ether oxygens (including phenoxy) is 3. The highest BCUT2D eigenvalue weighted by atomic mass is 16.6. The van der Waals surface area contributed by atoms with Gasteiger partial charge in [0.15, 0.2) is 11.5 Å². The molecule has 0 saturated heterocycles. The summed E-state index contributed by atoms with van der Waals surface area (Å²) in [6.45, 7) is 9.36. The van der Waals surface area contributed by atoms with Gasteiger partial charge in [0.25, 0.3) is 0 Å². The van der Waals surface area contributed by atoms with Gasteiger partial charge in [-0.15, -0.1) is 0 Å². The monoisotopic (exact) mass is 295 g/mol. The van der Waals surface area contributed by atoms with Crippen LogP contribution < -0.4 is 14.2 Å². The second kappa shape index (κ2) is 7.88. The minimum atomic E-state index is -0.323. The first-order valence-corrected chi connectivity index (χ1v) is 7.16. The molecule has 0 saturated carbocycles. The van der Waals surface area contributed by atoms with Crippen molar-refractivity contribution in [3.63, 3.8) is 0 Å². The molecular formula is C16H25NO4. The molecule has 0 amide bonds. The molecule has 0 spiro atoms. The lowest BCUT2D eigenvalue weighted by Gasteiger charge is -2.25. The Morgan fingerprint density at radius 2 is 1.62 bits per heavy atom. The Balaban J connectivity index is 3.04. The van der Waals surface area contributed by atoms with E-state index in [1.807, 2.05) is 44.7 Å². The molecule has 21 heavy (non-hydrogen) atoms. The maximum absolute atomic E-state index is 12.3. The van der Waals surface area contributed by atoms with Gasteiger partial charge in [-0.2, -0.15) is 0 Å². The van der Waals surface area contributed by atoms with E-state index < -0.39 is 0 Å². The van der Waals surface area contributed by atoms with Crippen molar-refractivity contribution in [3.05, 3.63) is 17.7 Å². The van der Waals surface area contributed by atoms with Gasteiger partial charge in [-0.05, 0) is 44.6 Å². The lowest BCUT2D eigenvalue weighted by Crippen LogP contribution is -2.41. The van der Waals surface area contributed by atoms with Crippen LogP contribution in [0.25, 0.3) is 0 Å². The van der Waals surface area contributed by atoms with E-state index in [0.717, 1.165) is 18.7 Å². The fraction of sp³-hybridized carbons (Fsp3) is 0.562. The summed E-state index contributed by atoms with van der Waals surface area (Å²) < 4.78 is 16.1.